The van der Waals surface area contributed by atoms with Crippen LogP contribution in [0.15, 0.2) is 36.7 Å². The van der Waals surface area contributed by atoms with E-state index in [1.807, 2.05) is 18.5 Å². The summed E-state index contributed by atoms with van der Waals surface area (Å²) >= 11 is 0. The average molecular weight is 283 g/mol. The Hall–Kier alpha value is -1.49. The van der Waals surface area contributed by atoms with E-state index >= 15 is 0 Å². The van der Waals surface area contributed by atoms with Crippen molar-refractivity contribution in [1.29, 1.82) is 0 Å². The Kier molecular flexibility index (Phi) is 3.37. The Morgan fingerprint density at radius 2 is 2.29 bits per heavy atom. The minimum Gasteiger partial charge on any atom is -0.373 e. The van der Waals surface area contributed by atoms with Crippen molar-refractivity contribution < 1.29 is 4.74 Å². The maximum atomic E-state index is 6.54. The first-order chi connectivity index (χ1) is 10.3. The highest BCUT2D eigenvalue weighted by molar-refractivity contribution is 5.85. The van der Waals surface area contributed by atoms with Gasteiger partial charge < -0.3 is 10.5 Å². The fourth-order valence-electron chi connectivity index (χ4n) is 3.69. The molecule has 1 aromatic heterocycles. The van der Waals surface area contributed by atoms with Crippen molar-refractivity contribution in [3.63, 3.8) is 0 Å². The number of hydrogen-bond donors (Lipinski definition) is 1. The molecule has 4 heteroatoms. The Morgan fingerprint density at radius 1 is 1.33 bits per heavy atom. The molecule has 2 aromatic rings. The molecule has 2 aliphatic rings. The van der Waals surface area contributed by atoms with Gasteiger partial charge in [-0.25, -0.2) is 0 Å². The summed E-state index contributed by atoms with van der Waals surface area (Å²) in [6, 6.07) is 8.82. The molecule has 3 unspecified atom stereocenters. The van der Waals surface area contributed by atoms with Crippen molar-refractivity contribution in [1.82, 2.24) is 9.88 Å². The molecule has 0 amide bonds. The highest BCUT2D eigenvalue weighted by Crippen LogP contribution is 2.30. The number of benzene rings is 1. The lowest BCUT2D eigenvalue weighted by atomic mass is 9.96. The van der Waals surface area contributed by atoms with E-state index in [4.69, 9.17) is 10.5 Å². The molecule has 2 saturated heterocycles. The summed E-state index contributed by atoms with van der Waals surface area (Å²) in [5.41, 5.74) is 7.68. The Bertz CT molecular complexity index is 639. The Balaban J connectivity index is 1.62. The van der Waals surface area contributed by atoms with Crippen molar-refractivity contribution in [3.05, 3.63) is 42.2 Å². The first kappa shape index (κ1) is 13.2. The number of fused-ring (bicyclic) bond motifs is 2. The minimum atomic E-state index is -0.0977. The summed E-state index contributed by atoms with van der Waals surface area (Å²) in [6.07, 6.45) is 6.36. The Labute approximate surface area is 124 Å². The molecular formula is C17H21N3O. The van der Waals surface area contributed by atoms with Crippen LogP contribution in [0.4, 0.5) is 0 Å². The summed E-state index contributed by atoms with van der Waals surface area (Å²) in [4.78, 5) is 6.79. The zero-order chi connectivity index (χ0) is 14.2. The smallest absolute Gasteiger partial charge is 0.0895 e. The monoisotopic (exact) mass is 283 g/mol. The summed E-state index contributed by atoms with van der Waals surface area (Å²) in [5.74, 6) is 0. The van der Waals surface area contributed by atoms with E-state index in [9.17, 15) is 0 Å². The van der Waals surface area contributed by atoms with E-state index in [0.29, 0.717) is 6.04 Å². The molecule has 110 valence electrons. The molecule has 0 aliphatic carbocycles. The zero-order valence-electron chi connectivity index (χ0n) is 12.1. The predicted octanol–water partition coefficient (Wildman–Crippen LogP) is 2.10. The van der Waals surface area contributed by atoms with Crippen LogP contribution in [-0.4, -0.2) is 41.7 Å². The van der Waals surface area contributed by atoms with Crippen molar-refractivity contribution in [2.45, 2.75) is 31.0 Å². The first-order valence-corrected chi connectivity index (χ1v) is 7.77. The normalized spacial score (nSPS) is 27.7. The fourth-order valence-corrected chi connectivity index (χ4v) is 3.69. The number of morpholine rings is 1. The number of rotatable bonds is 2. The molecule has 0 bridgehead atoms. The Morgan fingerprint density at radius 3 is 3.24 bits per heavy atom. The van der Waals surface area contributed by atoms with Gasteiger partial charge in [-0.15, -0.1) is 0 Å². The minimum absolute atomic E-state index is 0.0742. The van der Waals surface area contributed by atoms with Gasteiger partial charge in [0, 0.05) is 30.4 Å². The number of hydrogen-bond acceptors (Lipinski definition) is 4. The van der Waals surface area contributed by atoms with E-state index in [0.717, 1.165) is 24.1 Å². The van der Waals surface area contributed by atoms with Gasteiger partial charge in [0.25, 0.3) is 0 Å². The highest BCUT2D eigenvalue weighted by atomic mass is 16.5. The quantitative estimate of drug-likeness (QED) is 0.917. The number of aromatic nitrogens is 1. The van der Waals surface area contributed by atoms with Crippen LogP contribution < -0.4 is 5.73 Å². The third kappa shape index (κ3) is 2.33. The maximum absolute atomic E-state index is 6.54. The standard InChI is InChI=1S/C17H21N3O/c18-17(16-10-20-8-2-4-13(20)11-21-16)14-5-1-3-12-6-7-19-9-15(12)14/h1,3,5-7,9,13,16-17H,2,4,8,10-11,18H2. The molecule has 4 rings (SSSR count). The number of pyridine rings is 1. The van der Waals surface area contributed by atoms with Gasteiger partial charge in [0.1, 0.15) is 0 Å². The summed E-state index contributed by atoms with van der Waals surface area (Å²) < 4.78 is 6.07. The van der Waals surface area contributed by atoms with Gasteiger partial charge in [-0.2, -0.15) is 0 Å². The van der Waals surface area contributed by atoms with Crippen molar-refractivity contribution >= 4 is 10.8 Å². The lowest BCUT2D eigenvalue weighted by molar-refractivity contribution is -0.0595. The number of nitrogens with zero attached hydrogens (tertiary/aromatic N) is 2. The molecule has 1 aromatic carbocycles. The first-order valence-electron chi connectivity index (χ1n) is 7.77. The van der Waals surface area contributed by atoms with E-state index in [2.05, 4.69) is 28.1 Å². The van der Waals surface area contributed by atoms with Crippen LogP contribution in [0.5, 0.6) is 0 Å². The topological polar surface area (TPSA) is 51.4 Å². The molecule has 2 aliphatic heterocycles. The van der Waals surface area contributed by atoms with Crippen LogP contribution in [0.3, 0.4) is 0 Å². The van der Waals surface area contributed by atoms with E-state index in [1.165, 1.54) is 24.8 Å². The van der Waals surface area contributed by atoms with Crippen molar-refractivity contribution in [2.24, 2.45) is 5.73 Å². The van der Waals surface area contributed by atoms with Crippen molar-refractivity contribution in [2.75, 3.05) is 19.7 Å². The van der Waals surface area contributed by atoms with Crippen molar-refractivity contribution in [3.8, 4) is 0 Å². The number of ether oxygens (including phenoxy) is 1. The SMILES string of the molecule is NC(c1cccc2ccncc12)C1CN2CCCC2CO1. The second kappa shape index (κ2) is 5.37. The largest absolute Gasteiger partial charge is 0.373 e. The molecule has 0 spiro atoms. The summed E-state index contributed by atoms with van der Waals surface area (Å²) in [5, 5.41) is 2.33. The predicted molar refractivity (Wildman–Crippen MR) is 83.0 cm³/mol. The van der Waals surface area contributed by atoms with Gasteiger partial charge >= 0.3 is 0 Å². The second-order valence-electron chi connectivity index (χ2n) is 6.13. The molecular weight excluding hydrogens is 262 g/mol. The van der Waals surface area contributed by atoms with Gasteiger partial charge in [-0.3, -0.25) is 9.88 Å². The van der Waals surface area contributed by atoms with Crippen LogP contribution in [-0.2, 0) is 4.74 Å². The van der Waals surface area contributed by atoms with Gasteiger partial charge in [-0.1, -0.05) is 18.2 Å². The van der Waals surface area contributed by atoms with Crippen LogP contribution >= 0.6 is 0 Å². The molecule has 0 saturated carbocycles. The third-order valence-electron chi connectivity index (χ3n) is 4.89. The molecule has 21 heavy (non-hydrogen) atoms. The molecule has 3 atom stereocenters. The third-order valence-corrected chi connectivity index (χ3v) is 4.89. The highest BCUT2D eigenvalue weighted by Gasteiger charge is 2.35. The zero-order valence-corrected chi connectivity index (χ0v) is 12.1. The molecule has 2 fully saturated rings. The van der Waals surface area contributed by atoms with Crippen LogP contribution in [0, 0.1) is 0 Å². The molecule has 3 heterocycles. The lowest BCUT2D eigenvalue weighted by Crippen LogP contribution is -2.49. The molecule has 2 N–H and O–H groups in total. The number of nitrogens with two attached hydrogens (primary N) is 1. The van der Waals surface area contributed by atoms with Gasteiger partial charge in [0.2, 0.25) is 0 Å². The fraction of sp³-hybridized carbons (Fsp3) is 0.471. The van der Waals surface area contributed by atoms with Crippen LogP contribution in [0.25, 0.3) is 10.8 Å². The van der Waals surface area contributed by atoms with E-state index in [1.54, 1.807) is 0 Å². The molecule has 0 radical (unpaired) electrons. The second-order valence-corrected chi connectivity index (χ2v) is 6.13. The van der Waals surface area contributed by atoms with E-state index in [-0.39, 0.29) is 12.1 Å². The summed E-state index contributed by atoms with van der Waals surface area (Å²) in [7, 11) is 0. The van der Waals surface area contributed by atoms with Crippen LogP contribution in [0.1, 0.15) is 24.4 Å². The van der Waals surface area contributed by atoms with Gasteiger partial charge in [0.15, 0.2) is 0 Å². The van der Waals surface area contributed by atoms with Gasteiger partial charge in [0.05, 0.1) is 18.8 Å². The maximum Gasteiger partial charge on any atom is 0.0895 e. The average Bonchev–Trinajstić information content (AvgIpc) is 3.01. The summed E-state index contributed by atoms with van der Waals surface area (Å²) in [6.45, 7) is 2.96. The van der Waals surface area contributed by atoms with E-state index < -0.39 is 0 Å². The van der Waals surface area contributed by atoms with Gasteiger partial charge in [-0.05, 0) is 36.4 Å². The lowest BCUT2D eigenvalue weighted by Gasteiger charge is -2.38. The molecule has 4 nitrogen and oxygen atoms in total. The van der Waals surface area contributed by atoms with Crippen LogP contribution in [0.2, 0.25) is 0 Å².